The molecule has 2 rings (SSSR count). The molecule has 0 fully saturated rings. The summed E-state index contributed by atoms with van der Waals surface area (Å²) in [6.45, 7) is 3.06. The van der Waals surface area contributed by atoms with Crippen LogP contribution in [0.2, 0.25) is 0 Å². The molecule has 0 aliphatic carbocycles. The van der Waals surface area contributed by atoms with Gasteiger partial charge in [0, 0.05) is 29.9 Å². The molecule has 0 radical (unpaired) electrons. The number of hydrogen-bond donors (Lipinski definition) is 1. The first kappa shape index (κ1) is 13.6. The van der Waals surface area contributed by atoms with Crippen molar-refractivity contribution in [1.29, 1.82) is 0 Å². The largest absolute Gasteiger partial charge is 0.507 e. The molecule has 19 heavy (non-hydrogen) atoms. The van der Waals surface area contributed by atoms with Crippen molar-refractivity contribution in [3.05, 3.63) is 36.4 Å². The highest BCUT2D eigenvalue weighted by molar-refractivity contribution is 5.68. The number of phenolic OH excluding ortho intramolecular Hbond substituents is 1. The number of aryl methyl sites for hydroxylation is 1. The van der Waals surface area contributed by atoms with Gasteiger partial charge in [0.05, 0.1) is 6.20 Å². The smallest absolute Gasteiger partial charge is 0.126 e. The maximum absolute atomic E-state index is 12.9. The maximum atomic E-state index is 12.9. The highest BCUT2D eigenvalue weighted by Gasteiger charge is 2.07. The summed E-state index contributed by atoms with van der Waals surface area (Å²) >= 11 is 0. The van der Waals surface area contributed by atoms with Crippen LogP contribution < -0.4 is 0 Å². The van der Waals surface area contributed by atoms with Crippen molar-refractivity contribution in [2.24, 2.45) is 0 Å². The second-order valence-electron chi connectivity index (χ2n) is 4.71. The van der Waals surface area contributed by atoms with Gasteiger partial charge < -0.3 is 5.11 Å². The van der Waals surface area contributed by atoms with Crippen LogP contribution >= 0.6 is 0 Å². The zero-order valence-corrected chi connectivity index (χ0v) is 11.1. The summed E-state index contributed by atoms with van der Waals surface area (Å²) < 4.78 is 14.8. The molecule has 1 aromatic heterocycles. The van der Waals surface area contributed by atoms with Crippen LogP contribution in [0.3, 0.4) is 0 Å². The molecule has 0 saturated heterocycles. The molecule has 3 nitrogen and oxygen atoms in total. The lowest BCUT2D eigenvalue weighted by atomic mass is 10.1. The minimum atomic E-state index is -0.437. The number of rotatable bonds is 6. The fourth-order valence-corrected chi connectivity index (χ4v) is 2.07. The first-order chi connectivity index (χ1) is 9.20. The Morgan fingerprint density at radius 1 is 1.26 bits per heavy atom. The highest BCUT2D eigenvalue weighted by Crippen LogP contribution is 2.29. The molecule has 0 aliphatic rings. The number of phenols is 1. The van der Waals surface area contributed by atoms with Crippen LogP contribution in [-0.4, -0.2) is 14.9 Å². The minimum Gasteiger partial charge on any atom is -0.507 e. The van der Waals surface area contributed by atoms with Gasteiger partial charge in [0.15, 0.2) is 0 Å². The normalized spacial score (nSPS) is 10.8. The fraction of sp³-hybridized carbons (Fsp3) is 0.400. The van der Waals surface area contributed by atoms with Crippen molar-refractivity contribution < 1.29 is 9.50 Å². The van der Waals surface area contributed by atoms with Gasteiger partial charge in [0.25, 0.3) is 0 Å². The average Bonchev–Trinajstić information content (AvgIpc) is 2.83. The van der Waals surface area contributed by atoms with Crippen molar-refractivity contribution >= 4 is 0 Å². The van der Waals surface area contributed by atoms with Crippen molar-refractivity contribution in [1.82, 2.24) is 9.78 Å². The Morgan fingerprint density at radius 2 is 2.11 bits per heavy atom. The summed E-state index contributed by atoms with van der Waals surface area (Å²) in [5.74, 6) is -0.487. The van der Waals surface area contributed by atoms with Crippen molar-refractivity contribution in [2.75, 3.05) is 0 Å². The molecule has 102 valence electrons. The van der Waals surface area contributed by atoms with Gasteiger partial charge in [-0.05, 0) is 18.6 Å². The van der Waals surface area contributed by atoms with E-state index in [9.17, 15) is 9.50 Å². The SMILES string of the molecule is CCCCCCn1cc(-c2ccc(F)cc2O)cn1. The van der Waals surface area contributed by atoms with E-state index in [0.717, 1.165) is 24.6 Å². The predicted octanol–water partition coefficient (Wildman–Crippen LogP) is 3.98. The Labute approximate surface area is 112 Å². The van der Waals surface area contributed by atoms with Gasteiger partial charge >= 0.3 is 0 Å². The van der Waals surface area contributed by atoms with E-state index in [4.69, 9.17) is 0 Å². The molecule has 4 heteroatoms. The molecule has 0 atom stereocenters. The van der Waals surface area contributed by atoms with Crippen molar-refractivity contribution in [2.45, 2.75) is 39.2 Å². The van der Waals surface area contributed by atoms with E-state index in [1.165, 1.54) is 25.3 Å². The standard InChI is InChI=1S/C15H19FN2O/c1-2-3-4-5-8-18-11-12(10-17-18)14-7-6-13(16)9-15(14)19/h6-7,9-11,19H,2-5,8H2,1H3. The first-order valence-corrected chi connectivity index (χ1v) is 6.72. The van der Waals surface area contributed by atoms with E-state index >= 15 is 0 Å². The zero-order chi connectivity index (χ0) is 13.7. The summed E-state index contributed by atoms with van der Waals surface area (Å²) in [4.78, 5) is 0. The summed E-state index contributed by atoms with van der Waals surface area (Å²) in [6, 6.07) is 4.03. The Balaban J connectivity index is 2.04. The molecular weight excluding hydrogens is 243 g/mol. The minimum absolute atomic E-state index is 0.0504. The van der Waals surface area contributed by atoms with Crippen molar-refractivity contribution in [3.63, 3.8) is 0 Å². The Hall–Kier alpha value is -1.84. The maximum Gasteiger partial charge on any atom is 0.126 e. The number of nitrogens with zero attached hydrogens (tertiary/aromatic N) is 2. The number of aromatic nitrogens is 2. The summed E-state index contributed by atoms with van der Waals surface area (Å²) in [6.07, 6.45) is 8.35. The number of halogens is 1. The topological polar surface area (TPSA) is 38.0 Å². The number of benzene rings is 1. The van der Waals surface area contributed by atoms with Gasteiger partial charge in [-0.3, -0.25) is 4.68 Å². The summed E-state index contributed by atoms with van der Waals surface area (Å²) in [7, 11) is 0. The van der Waals surface area contributed by atoms with Crippen LogP contribution in [0.4, 0.5) is 4.39 Å². The van der Waals surface area contributed by atoms with E-state index in [1.54, 1.807) is 12.3 Å². The van der Waals surface area contributed by atoms with Crippen LogP contribution in [0.1, 0.15) is 32.6 Å². The third-order valence-electron chi connectivity index (χ3n) is 3.14. The molecule has 0 aliphatic heterocycles. The van der Waals surface area contributed by atoms with Gasteiger partial charge in [0.2, 0.25) is 0 Å². The highest BCUT2D eigenvalue weighted by atomic mass is 19.1. The lowest BCUT2D eigenvalue weighted by Gasteiger charge is -2.02. The van der Waals surface area contributed by atoms with Gasteiger partial charge in [-0.25, -0.2) is 4.39 Å². The van der Waals surface area contributed by atoms with Gasteiger partial charge in [0.1, 0.15) is 11.6 Å². The fourth-order valence-electron chi connectivity index (χ4n) is 2.07. The molecule has 2 aromatic rings. The van der Waals surface area contributed by atoms with E-state index in [0.29, 0.717) is 5.56 Å². The van der Waals surface area contributed by atoms with E-state index in [1.807, 2.05) is 10.9 Å². The summed E-state index contributed by atoms with van der Waals surface area (Å²) in [5, 5.41) is 14.0. The summed E-state index contributed by atoms with van der Waals surface area (Å²) in [5.41, 5.74) is 1.43. The van der Waals surface area contributed by atoms with Crippen LogP contribution in [-0.2, 0) is 6.54 Å². The van der Waals surface area contributed by atoms with Crippen LogP contribution in [0.25, 0.3) is 11.1 Å². The van der Waals surface area contributed by atoms with Crippen molar-refractivity contribution in [3.8, 4) is 16.9 Å². The second kappa shape index (κ2) is 6.36. The molecule has 1 N–H and O–H groups in total. The number of unbranched alkanes of at least 4 members (excludes halogenated alkanes) is 3. The quantitative estimate of drug-likeness (QED) is 0.800. The third kappa shape index (κ3) is 3.56. The van der Waals surface area contributed by atoms with E-state index < -0.39 is 5.82 Å². The Morgan fingerprint density at radius 3 is 2.84 bits per heavy atom. The third-order valence-corrected chi connectivity index (χ3v) is 3.14. The molecule has 0 bridgehead atoms. The molecule has 0 unspecified atom stereocenters. The molecule has 1 aromatic carbocycles. The first-order valence-electron chi connectivity index (χ1n) is 6.72. The number of hydrogen-bond acceptors (Lipinski definition) is 2. The Kier molecular flexibility index (Phi) is 4.55. The van der Waals surface area contributed by atoms with E-state index in [2.05, 4.69) is 12.0 Å². The van der Waals surface area contributed by atoms with Crippen LogP contribution in [0.5, 0.6) is 5.75 Å². The van der Waals surface area contributed by atoms with E-state index in [-0.39, 0.29) is 5.75 Å². The van der Waals surface area contributed by atoms with Gasteiger partial charge in [-0.2, -0.15) is 5.10 Å². The molecule has 1 heterocycles. The second-order valence-corrected chi connectivity index (χ2v) is 4.71. The molecule has 0 spiro atoms. The average molecular weight is 262 g/mol. The lowest BCUT2D eigenvalue weighted by Crippen LogP contribution is -1.97. The van der Waals surface area contributed by atoms with Crippen LogP contribution in [0, 0.1) is 5.82 Å². The Bertz CT molecular complexity index is 537. The lowest BCUT2D eigenvalue weighted by molar-refractivity contribution is 0.471. The molecular formula is C15H19FN2O. The number of aromatic hydroxyl groups is 1. The molecule has 0 amide bonds. The zero-order valence-electron chi connectivity index (χ0n) is 11.1. The van der Waals surface area contributed by atoms with Gasteiger partial charge in [-0.15, -0.1) is 0 Å². The monoisotopic (exact) mass is 262 g/mol. The van der Waals surface area contributed by atoms with Crippen LogP contribution in [0.15, 0.2) is 30.6 Å². The predicted molar refractivity (Wildman–Crippen MR) is 73.4 cm³/mol. The molecule has 0 saturated carbocycles. The van der Waals surface area contributed by atoms with Gasteiger partial charge in [-0.1, -0.05) is 26.2 Å².